The number of amides is 3. The van der Waals surface area contributed by atoms with Crippen LogP contribution < -0.4 is 10.2 Å². The molecule has 0 aromatic heterocycles. The van der Waals surface area contributed by atoms with Crippen LogP contribution in [0.15, 0.2) is 12.2 Å². The lowest BCUT2D eigenvalue weighted by Crippen LogP contribution is -3.22. The number of fused-ring (bicyclic) bond motifs is 5. The second-order valence-corrected chi connectivity index (χ2v) is 10.0. The summed E-state index contributed by atoms with van der Waals surface area (Å²) in [4.78, 5) is 41.3. The van der Waals surface area contributed by atoms with Crippen molar-refractivity contribution in [3.8, 4) is 0 Å². The van der Waals surface area contributed by atoms with Gasteiger partial charge in [-0.2, -0.15) is 0 Å². The molecule has 2 saturated carbocycles. The van der Waals surface area contributed by atoms with E-state index in [2.05, 4.69) is 17.5 Å². The largest absolute Gasteiger partial charge is 0.348 e. The van der Waals surface area contributed by atoms with E-state index in [1.54, 1.807) is 4.90 Å². The van der Waals surface area contributed by atoms with E-state index in [4.69, 9.17) is 0 Å². The zero-order valence-corrected chi connectivity index (χ0v) is 17.3. The van der Waals surface area contributed by atoms with Gasteiger partial charge in [0.25, 0.3) is 0 Å². The molecule has 158 valence electrons. The highest BCUT2D eigenvalue weighted by Crippen LogP contribution is 2.52. The number of hydrogen-bond donors (Lipinski definition) is 2. The molecule has 2 saturated heterocycles. The molecule has 3 amide bonds. The quantitative estimate of drug-likeness (QED) is 0.527. The second-order valence-electron chi connectivity index (χ2n) is 10.0. The molecule has 29 heavy (non-hydrogen) atoms. The topological polar surface area (TPSA) is 70.9 Å². The number of rotatable bonds is 5. The lowest BCUT2D eigenvalue weighted by Gasteiger charge is -2.45. The number of carbonyl (C=O) groups is 3. The van der Waals surface area contributed by atoms with Crippen LogP contribution in [-0.2, 0) is 14.4 Å². The third-order valence-electron chi connectivity index (χ3n) is 8.51. The molecule has 0 radical (unpaired) electrons. The van der Waals surface area contributed by atoms with Crippen LogP contribution in [0.5, 0.6) is 0 Å². The van der Waals surface area contributed by atoms with Crippen LogP contribution in [0.3, 0.4) is 0 Å². The van der Waals surface area contributed by atoms with Gasteiger partial charge in [0.1, 0.15) is 12.1 Å². The van der Waals surface area contributed by atoms with Gasteiger partial charge < -0.3 is 10.2 Å². The molecule has 0 spiro atoms. The van der Waals surface area contributed by atoms with Gasteiger partial charge in [0, 0.05) is 12.8 Å². The summed E-state index contributed by atoms with van der Waals surface area (Å²) in [5, 5.41) is 3.14. The molecule has 5 rings (SSSR count). The smallest absolute Gasteiger partial charge is 0.240 e. The number of allylic oxidation sites excluding steroid dienone is 2. The van der Waals surface area contributed by atoms with Crippen molar-refractivity contribution in [2.24, 2.45) is 23.7 Å². The van der Waals surface area contributed by atoms with E-state index in [1.807, 2.05) is 0 Å². The van der Waals surface area contributed by atoms with Crippen molar-refractivity contribution in [2.75, 3.05) is 26.2 Å². The zero-order valence-electron chi connectivity index (χ0n) is 17.3. The van der Waals surface area contributed by atoms with Gasteiger partial charge in [-0.25, -0.2) is 0 Å². The molecule has 4 atom stereocenters. The van der Waals surface area contributed by atoms with Crippen molar-refractivity contribution in [1.29, 1.82) is 0 Å². The summed E-state index contributed by atoms with van der Waals surface area (Å²) >= 11 is 0. The Kier molecular flexibility index (Phi) is 5.01. The summed E-state index contributed by atoms with van der Waals surface area (Å²) in [6, 6.07) is 0. The average Bonchev–Trinajstić information content (AvgIpc) is 3.44. The zero-order chi connectivity index (χ0) is 20.0. The minimum Gasteiger partial charge on any atom is -0.348 e. The number of carbonyl (C=O) groups excluding carboxylic acids is 3. The molecule has 6 heteroatoms. The van der Waals surface area contributed by atoms with Crippen molar-refractivity contribution < 1.29 is 19.3 Å². The molecule has 2 N–H and O–H groups in total. The van der Waals surface area contributed by atoms with E-state index in [0.717, 1.165) is 6.42 Å². The van der Waals surface area contributed by atoms with Crippen LogP contribution in [0, 0.1) is 23.7 Å². The van der Waals surface area contributed by atoms with Gasteiger partial charge in [0.2, 0.25) is 17.7 Å². The predicted octanol–water partition coefficient (Wildman–Crippen LogP) is 0.681. The molecule has 0 aromatic carbocycles. The first kappa shape index (κ1) is 19.3. The van der Waals surface area contributed by atoms with Crippen LogP contribution in [0.4, 0.5) is 0 Å². The number of quaternary nitrogens is 1. The van der Waals surface area contributed by atoms with E-state index in [0.29, 0.717) is 6.54 Å². The fourth-order valence-corrected chi connectivity index (χ4v) is 6.98. The first-order chi connectivity index (χ1) is 14.1. The summed E-state index contributed by atoms with van der Waals surface area (Å²) in [6.45, 7) is 2.99. The van der Waals surface area contributed by atoms with E-state index in [9.17, 15) is 14.4 Å². The summed E-state index contributed by atoms with van der Waals surface area (Å²) in [5.74, 6) is -0.457. The summed E-state index contributed by atoms with van der Waals surface area (Å²) in [7, 11) is 0. The number of nitrogens with zero attached hydrogens (tertiary/aromatic N) is 1. The fourth-order valence-electron chi connectivity index (χ4n) is 6.98. The van der Waals surface area contributed by atoms with Crippen molar-refractivity contribution in [1.82, 2.24) is 10.2 Å². The van der Waals surface area contributed by atoms with Crippen molar-refractivity contribution >= 4 is 17.7 Å². The van der Waals surface area contributed by atoms with Gasteiger partial charge in [-0.3, -0.25) is 19.3 Å². The summed E-state index contributed by atoms with van der Waals surface area (Å²) in [5.41, 5.74) is 0.146. The van der Waals surface area contributed by atoms with Crippen LogP contribution in [-0.4, -0.2) is 54.3 Å². The normalized spacial score (nSPS) is 35.9. The summed E-state index contributed by atoms with van der Waals surface area (Å²) < 4.78 is 0. The molecular weight excluding hydrogens is 366 g/mol. The average molecular weight is 401 g/mol. The maximum absolute atomic E-state index is 12.8. The lowest BCUT2D eigenvalue weighted by atomic mass is 9.79. The Bertz CT molecular complexity index is 691. The van der Waals surface area contributed by atoms with E-state index >= 15 is 0 Å². The van der Waals surface area contributed by atoms with Crippen LogP contribution in [0.1, 0.15) is 57.8 Å². The number of hydrogen-bond acceptors (Lipinski definition) is 3. The lowest BCUT2D eigenvalue weighted by molar-refractivity contribution is -0.957. The van der Waals surface area contributed by atoms with Gasteiger partial charge in [-0.1, -0.05) is 18.6 Å². The molecule has 0 aromatic rings. The Morgan fingerprint density at radius 2 is 1.55 bits per heavy atom. The van der Waals surface area contributed by atoms with Crippen LogP contribution in [0.25, 0.3) is 0 Å². The Hall–Kier alpha value is -1.69. The van der Waals surface area contributed by atoms with Gasteiger partial charge in [0.05, 0.1) is 31.5 Å². The minimum atomic E-state index is -0.215. The second kappa shape index (κ2) is 7.53. The molecule has 2 bridgehead atoms. The first-order valence-corrected chi connectivity index (χ1v) is 11.7. The number of imide groups is 1. The van der Waals surface area contributed by atoms with E-state index < -0.39 is 0 Å². The molecule has 0 unspecified atom stereocenters. The number of piperidine rings is 1. The van der Waals surface area contributed by atoms with Gasteiger partial charge in [0.15, 0.2) is 0 Å². The number of nitrogens with one attached hydrogen (secondary N) is 2. The predicted molar refractivity (Wildman–Crippen MR) is 108 cm³/mol. The van der Waals surface area contributed by atoms with Gasteiger partial charge in [-0.15, -0.1) is 0 Å². The van der Waals surface area contributed by atoms with Crippen molar-refractivity contribution in [3.05, 3.63) is 12.2 Å². The monoisotopic (exact) mass is 400 g/mol. The fraction of sp³-hybridized carbons (Fsp3) is 0.783. The molecule has 6 nitrogen and oxygen atoms in total. The summed E-state index contributed by atoms with van der Waals surface area (Å²) in [6.07, 6.45) is 15.1. The van der Waals surface area contributed by atoms with Crippen molar-refractivity contribution in [3.63, 3.8) is 0 Å². The third kappa shape index (κ3) is 3.24. The molecule has 2 aliphatic heterocycles. The Morgan fingerprint density at radius 3 is 2.17 bits per heavy atom. The van der Waals surface area contributed by atoms with Crippen LogP contribution >= 0.6 is 0 Å². The third-order valence-corrected chi connectivity index (χ3v) is 8.51. The van der Waals surface area contributed by atoms with Gasteiger partial charge >= 0.3 is 0 Å². The van der Waals surface area contributed by atoms with E-state index in [-0.39, 0.29) is 53.5 Å². The highest BCUT2D eigenvalue weighted by Gasteiger charge is 2.59. The van der Waals surface area contributed by atoms with Gasteiger partial charge in [-0.05, 0) is 50.4 Å². The maximum atomic E-state index is 12.8. The maximum Gasteiger partial charge on any atom is 0.240 e. The Morgan fingerprint density at radius 1 is 0.966 bits per heavy atom. The molecular formula is C23H34N3O3+. The Labute approximate surface area is 173 Å². The molecule has 4 fully saturated rings. The highest BCUT2D eigenvalue weighted by atomic mass is 16.2. The molecule has 5 aliphatic rings. The van der Waals surface area contributed by atoms with Crippen LogP contribution in [0.2, 0.25) is 0 Å². The molecule has 3 aliphatic carbocycles. The minimum absolute atomic E-state index is 0.102. The standard InChI is InChI=1S/C23H33N3O3/c27-18(14-26-21(28)19-16-7-8-17(13-16)20(19)22(26)29)24-15-23(9-3-1-4-10-23)25-11-5-2-6-12-25/h7-8,16-17,19-20H,1-6,9-15H2,(H,24,27)/p+1/t16-,17+,19-,20-/m0/s1. The molecule has 2 heterocycles. The Balaban J connectivity index is 1.21. The number of likely N-dealkylation sites (tertiary alicyclic amines) is 2. The SMILES string of the molecule is O=C(CN1C(=O)[C@@H]2[C@@H](C1=O)[C@H]1C=C[C@@H]2C1)NCC1([NH+]2CCCCC2)CCCCC1. The first-order valence-electron chi connectivity index (χ1n) is 11.7. The van der Waals surface area contributed by atoms with E-state index in [1.165, 1.54) is 69.4 Å². The highest BCUT2D eigenvalue weighted by molar-refractivity contribution is 6.08. The van der Waals surface area contributed by atoms with Crippen molar-refractivity contribution in [2.45, 2.75) is 63.3 Å².